The van der Waals surface area contributed by atoms with E-state index in [2.05, 4.69) is 37.4 Å². The van der Waals surface area contributed by atoms with Gasteiger partial charge in [0.2, 0.25) is 5.91 Å². The minimum atomic E-state index is -0.189. The molecule has 4 saturated carbocycles. The normalized spacial score (nSPS) is 40.2. The van der Waals surface area contributed by atoms with Gasteiger partial charge in [-0.05, 0) is 73.3 Å². The zero-order valence-electron chi connectivity index (χ0n) is 15.1. The molecule has 3 nitrogen and oxygen atoms in total. The Labute approximate surface area is 144 Å². The molecule has 4 aliphatic carbocycles. The molecule has 128 valence electrons. The lowest BCUT2D eigenvalue weighted by Gasteiger charge is -2.64. The molecule has 4 fully saturated rings. The lowest BCUT2D eigenvalue weighted by Crippen LogP contribution is -2.59. The summed E-state index contributed by atoms with van der Waals surface area (Å²) in [6.07, 6.45) is 8.82. The molecule has 1 N–H and O–H groups in total. The van der Waals surface area contributed by atoms with Crippen molar-refractivity contribution in [1.82, 2.24) is 5.43 Å². The van der Waals surface area contributed by atoms with Crippen LogP contribution in [-0.2, 0) is 4.79 Å². The molecular weight excluding hydrogens is 296 g/mol. The first-order chi connectivity index (χ1) is 11.3. The van der Waals surface area contributed by atoms with Crippen LogP contribution >= 0.6 is 0 Å². The van der Waals surface area contributed by atoms with Crippen LogP contribution in [0.4, 0.5) is 0 Å². The highest BCUT2D eigenvalue weighted by Crippen LogP contribution is 2.69. The van der Waals surface area contributed by atoms with Gasteiger partial charge in [-0.25, -0.2) is 5.43 Å². The van der Waals surface area contributed by atoms with E-state index in [1.54, 1.807) is 6.21 Å². The zero-order valence-corrected chi connectivity index (χ0v) is 15.1. The number of hydrogen-bond acceptors (Lipinski definition) is 2. The SMILES string of the molecule is Cc1ccccc1/C=N/NC(=O)C12CC3CC(C)(CC(C)(C3)C1)C2. The zero-order chi connectivity index (χ0) is 17.0. The van der Waals surface area contributed by atoms with Gasteiger partial charge in [0.05, 0.1) is 11.6 Å². The van der Waals surface area contributed by atoms with Crippen LogP contribution in [0.15, 0.2) is 29.4 Å². The summed E-state index contributed by atoms with van der Waals surface area (Å²) in [5.41, 5.74) is 5.63. The monoisotopic (exact) mass is 324 g/mol. The van der Waals surface area contributed by atoms with Gasteiger partial charge >= 0.3 is 0 Å². The Morgan fingerprint density at radius 3 is 2.42 bits per heavy atom. The van der Waals surface area contributed by atoms with Crippen molar-refractivity contribution >= 4 is 12.1 Å². The Morgan fingerprint density at radius 1 is 1.12 bits per heavy atom. The number of hydrazone groups is 1. The molecule has 5 rings (SSSR count). The van der Waals surface area contributed by atoms with Crippen molar-refractivity contribution in [3.63, 3.8) is 0 Å². The van der Waals surface area contributed by atoms with Crippen molar-refractivity contribution in [3.8, 4) is 0 Å². The largest absolute Gasteiger partial charge is 0.273 e. The first-order valence-electron chi connectivity index (χ1n) is 9.21. The van der Waals surface area contributed by atoms with E-state index in [0.29, 0.717) is 10.8 Å². The van der Waals surface area contributed by atoms with E-state index >= 15 is 0 Å². The van der Waals surface area contributed by atoms with Crippen molar-refractivity contribution in [1.29, 1.82) is 0 Å². The third-order valence-electron chi connectivity index (χ3n) is 6.67. The van der Waals surface area contributed by atoms with E-state index in [1.165, 1.54) is 24.8 Å². The number of aryl methyl sites for hydroxylation is 1. The molecule has 1 amide bonds. The topological polar surface area (TPSA) is 41.5 Å². The Bertz CT molecular complexity index is 690. The summed E-state index contributed by atoms with van der Waals surface area (Å²) in [5, 5.41) is 4.28. The van der Waals surface area contributed by atoms with Crippen molar-refractivity contribution in [2.75, 3.05) is 0 Å². The molecule has 4 aliphatic rings. The Morgan fingerprint density at radius 2 is 1.79 bits per heavy atom. The summed E-state index contributed by atoms with van der Waals surface area (Å²) in [6, 6.07) is 8.10. The summed E-state index contributed by atoms with van der Waals surface area (Å²) in [7, 11) is 0. The predicted octanol–water partition coefficient (Wildman–Crippen LogP) is 4.44. The third-order valence-corrected chi connectivity index (χ3v) is 6.67. The first-order valence-corrected chi connectivity index (χ1v) is 9.21. The van der Waals surface area contributed by atoms with Crippen molar-refractivity contribution in [2.45, 2.75) is 59.3 Å². The second-order valence-corrected chi connectivity index (χ2v) is 9.47. The standard InChI is InChI=1S/C21H28N2O/c1-15-6-4-5-7-17(15)11-22-23-18(24)21-10-16-8-19(2,13-21)12-20(3,9-16)14-21/h4-7,11,16H,8-10,12-14H2,1-3H3,(H,23,24)/b22-11+. The predicted molar refractivity (Wildman–Crippen MR) is 96.8 cm³/mol. The molecule has 24 heavy (non-hydrogen) atoms. The van der Waals surface area contributed by atoms with Crippen LogP contribution in [0.2, 0.25) is 0 Å². The van der Waals surface area contributed by atoms with E-state index in [9.17, 15) is 4.79 Å². The number of carbonyl (C=O) groups is 1. The van der Waals surface area contributed by atoms with Crippen LogP contribution in [0.1, 0.15) is 63.5 Å². The smallest absolute Gasteiger partial charge is 0.246 e. The minimum absolute atomic E-state index is 0.147. The summed E-state index contributed by atoms with van der Waals surface area (Å²) in [4.78, 5) is 13.0. The van der Waals surface area contributed by atoms with Gasteiger partial charge in [0.1, 0.15) is 0 Å². The highest BCUT2D eigenvalue weighted by atomic mass is 16.2. The van der Waals surface area contributed by atoms with E-state index in [-0.39, 0.29) is 11.3 Å². The summed E-state index contributed by atoms with van der Waals surface area (Å²) < 4.78 is 0. The van der Waals surface area contributed by atoms with Gasteiger partial charge in [0.25, 0.3) is 0 Å². The summed E-state index contributed by atoms with van der Waals surface area (Å²) in [6.45, 7) is 6.85. The van der Waals surface area contributed by atoms with Crippen molar-refractivity contribution in [3.05, 3.63) is 35.4 Å². The maximum absolute atomic E-state index is 13.0. The maximum atomic E-state index is 13.0. The highest BCUT2D eigenvalue weighted by Gasteiger charge is 2.62. The second-order valence-electron chi connectivity index (χ2n) is 9.47. The van der Waals surface area contributed by atoms with Gasteiger partial charge in [-0.15, -0.1) is 0 Å². The molecule has 0 spiro atoms. The van der Waals surface area contributed by atoms with Gasteiger partial charge in [-0.1, -0.05) is 38.1 Å². The molecule has 2 atom stereocenters. The third kappa shape index (κ3) is 2.58. The quantitative estimate of drug-likeness (QED) is 0.648. The van der Waals surface area contributed by atoms with E-state index in [1.807, 2.05) is 18.2 Å². The molecule has 3 heteroatoms. The highest BCUT2D eigenvalue weighted by molar-refractivity contribution is 5.86. The fourth-order valence-corrected chi connectivity index (χ4v) is 6.71. The molecule has 0 aliphatic heterocycles. The van der Waals surface area contributed by atoms with Crippen LogP contribution < -0.4 is 5.43 Å². The van der Waals surface area contributed by atoms with E-state index in [0.717, 1.165) is 30.7 Å². The lowest BCUT2D eigenvalue weighted by molar-refractivity contribution is -0.170. The summed E-state index contributed by atoms with van der Waals surface area (Å²) >= 11 is 0. The van der Waals surface area contributed by atoms with E-state index in [4.69, 9.17) is 0 Å². The van der Waals surface area contributed by atoms with Crippen molar-refractivity contribution in [2.24, 2.45) is 27.3 Å². The molecule has 4 bridgehead atoms. The van der Waals surface area contributed by atoms with E-state index < -0.39 is 0 Å². The number of carbonyl (C=O) groups excluding carboxylic acids is 1. The first kappa shape index (κ1) is 15.9. The van der Waals surface area contributed by atoms with Gasteiger partial charge < -0.3 is 0 Å². The van der Waals surface area contributed by atoms with Gasteiger partial charge in [0.15, 0.2) is 0 Å². The van der Waals surface area contributed by atoms with Crippen LogP contribution in [-0.4, -0.2) is 12.1 Å². The average molecular weight is 324 g/mol. The number of hydrogen-bond donors (Lipinski definition) is 1. The van der Waals surface area contributed by atoms with Crippen LogP contribution in [0.3, 0.4) is 0 Å². The number of nitrogens with one attached hydrogen (secondary N) is 1. The van der Waals surface area contributed by atoms with Crippen LogP contribution in [0, 0.1) is 29.1 Å². The maximum Gasteiger partial charge on any atom is 0.246 e. The number of rotatable bonds is 3. The minimum Gasteiger partial charge on any atom is -0.273 e. The Hall–Kier alpha value is -1.64. The molecule has 0 aromatic heterocycles. The van der Waals surface area contributed by atoms with Gasteiger partial charge in [0, 0.05) is 0 Å². The number of amides is 1. The Balaban J connectivity index is 1.51. The molecule has 0 saturated heterocycles. The fraction of sp³-hybridized carbons (Fsp3) is 0.619. The fourth-order valence-electron chi connectivity index (χ4n) is 6.71. The molecule has 0 radical (unpaired) electrons. The molecule has 0 heterocycles. The van der Waals surface area contributed by atoms with Crippen LogP contribution in [0.5, 0.6) is 0 Å². The van der Waals surface area contributed by atoms with Crippen LogP contribution in [0.25, 0.3) is 0 Å². The van der Waals surface area contributed by atoms with Gasteiger partial charge in [-0.2, -0.15) is 5.10 Å². The van der Waals surface area contributed by atoms with Crippen molar-refractivity contribution < 1.29 is 4.79 Å². The molecular formula is C21H28N2O. The lowest BCUT2D eigenvalue weighted by atomic mass is 9.40. The molecule has 2 unspecified atom stereocenters. The summed E-state index contributed by atoms with van der Waals surface area (Å²) in [5.74, 6) is 0.872. The number of benzene rings is 1. The second kappa shape index (κ2) is 5.18. The van der Waals surface area contributed by atoms with Gasteiger partial charge in [-0.3, -0.25) is 4.79 Å². The average Bonchev–Trinajstić information content (AvgIpc) is 2.45. The molecule has 1 aromatic carbocycles. The number of nitrogens with zero attached hydrogens (tertiary/aromatic N) is 1. The Kier molecular flexibility index (Phi) is 3.42. The molecule has 1 aromatic rings.